The number of imidazole rings is 1. The molecule has 3 heterocycles. The number of para-hydroxylation sites is 2. The molecule has 1 aromatic carbocycles. The van der Waals surface area contributed by atoms with Crippen LogP contribution in [0.2, 0.25) is 0 Å². The minimum absolute atomic E-state index is 0. The van der Waals surface area contributed by atoms with Crippen molar-refractivity contribution in [2.45, 2.75) is 43.9 Å². The zero-order valence-corrected chi connectivity index (χ0v) is 15.4. The molecule has 26 heavy (non-hydrogen) atoms. The molecule has 0 spiro atoms. The lowest BCUT2D eigenvalue weighted by molar-refractivity contribution is -0.144. The number of hydrogen-bond acceptors (Lipinski definition) is 4. The number of aromatic nitrogens is 2. The maximum Gasteiger partial charge on any atom is 0.326 e. The van der Waals surface area contributed by atoms with Gasteiger partial charge in [-0.3, -0.25) is 9.36 Å². The summed E-state index contributed by atoms with van der Waals surface area (Å²) >= 11 is 0. The number of H-pyrrole nitrogens is 1. The number of ether oxygens (including phenoxy) is 1. The Morgan fingerprint density at radius 1 is 1.19 bits per heavy atom. The van der Waals surface area contributed by atoms with Gasteiger partial charge in [0, 0.05) is 25.7 Å². The van der Waals surface area contributed by atoms with Crippen LogP contribution in [0.4, 0.5) is 0 Å². The van der Waals surface area contributed by atoms with Gasteiger partial charge in [-0.05, 0) is 37.8 Å². The summed E-state index contributed by atoms with van der Waals surface area (Å²) in [5.74, 6) is 0.0701. The Morgan fingerprint density at radius 3 is 2.62 bits per heavy atom. The van der Waals surface area contributed by atoms with Gasteiger partial charge < -0.3 is 20.4 Å². The van der Waals surface area contributed by atoms with E-state index in [1.807, 2.05) is 33.7 Å². The van der Waals surface area contributed by atoms with Gasteiger partial charge in [0.25, 0.3) is 5.91 Å². The fraction of sp³-hybridized carbons (Fsp3) is 0.556. The van der Waals surface area contributed by atoms with Gasteiger partial charge in [0.15, 0.2) is 0 Å². The number of likely N-dealkylation sites (tertiary alicyclic amines) is 1. The fourth-order valence-electron chi connectivity index (χ4n) is 4.05. The van der Waals surface area contributed by atoms with Crippen LogP contribution in [0.1, 0.15) is 31.7 Å². The molecule has 8 heteroatoms. The number of rotatable bonds is 3. The Kier molecular flexibility index (Phi) is 5.70. The van der Waals surface area contributed by atoms with Gasteiger partial charge in [-0.2, -0.15) is 0 Å². The molecule has 1 aromatic heterocycles. The summed E-state index contributed by atoms with van der Waals surface area (Å²) in [5, 5.41) is 0. The molecule has 142 valence electrons. The van der Waals surface area contributed by atoms with E-state index in [0.717, 1.165) is 36.7 Å². The topological polar surface area (TPSA) is 93.4 Å². The van der Waals surface area contributed by atoms with E-state index >= 15 is 0 Å². The lowest BCUT2D eigenvalue weighted by Crippen LogP contribution is -2.45. The summed E-state index contributed by atoms with van der Waals surface area (Å²) in [6, 6.07) is 7.85. The summed E-state index contributed by atoms with van der Waals surface area (Å²) in [6.07, 6.45) is 2.83. The van der Waals surface area contributed by atoms with Crippen molar-refractivity contribution in [1.29, 1.82) is 0 Å². The minimum Gasteiger partial charge on any atom is -0.364 e. The lowest BCUT2D eigenvalue weighted by atomic mass is 10.0. The third kappa shape index (κ3) is 3.39. The Bertz CT molecular complexity index is 825. The molecule has 0 aliphatic carbocycles. The molecule has 2 fully saturated rings. The third-order valence-corrected chi connectivity index (χ3v) is 5.41. The maximum absolute atomic E-state index is 12.6. The van der Waals surface area contributed by atoms with Crippen LogP contribution in [0.15, 0.2) is 29.1 Å². The fourth-order valence-corrected chi connectivity index (χ4v) is 4.05. The zero-order valence-electron chi connectivity index (χ0n) is 14.6. The first-order chi connectivity index (χ1) is 12.2. The van der Waals surface area contributed by atoms with Crippen LogP contribution in [-0.2, 0) is 9.53 Å². The van der Waals surface area contributed by atoms with E-state index in [0.29, 0.717) is 19.6 Å². The first-order valence-corrected chi connectivity index (χ1v) is 9.01. The van der Waals surface area contributed by atoms with Crippen LogP contribution in [0.5, 0.6) is 0 Å². The SMILES string of the molecule is Cl.NC[C@H]1CC[C@@H](C(=O)N2CCC(n3c(=O)[nH]c4ccccc43)CC2)O1. The summed E-state index contributed by atoms with van der Waals surface area (Å²) < 4.78 is 7.57. The average Bonchev–Trinajstić information content (AvgIpc) is 3.25. The van der Waals surface area contributed by atoms with Crippen molar-refractivity contribution in [2.75, 3.05) is 19.6 Å². The second-order valence-electron chi connectivity index (χ2n) is 6.93. The molecule has 2 aliphatic heterocycles. The van der Waals surface area contributed by atoms with Gasteiger partial charge in [-0.15, -0.1) is 12.4 Å². The number of nitrogens with one attached hydrogen (secondary N) is 1. The second-order valence-corrected chi connectivity index (χ2v) is 6.93. The lowest BCUT2D eigenvalue weighted by Gasteiger charge is -2.33. The largest absolute Gasteiger partial charge is 0.364 e. The molecule has 2 aromatic rings. The number of halogens is 1. The predicted molar refractivity (Wildman–Crippen MR) is 102 cm³/mol. The number of nitrogens with two attached hydrogens (primary N) is 1. The molecular formula is C18H25ClN4O3. The number of carbonyl (C=O) groups excluding carboxylic acids is 1. The molecule has 0 bridgehead atoms. The van der Waals surface area contributed by atoms with Gasteiger partial charge in [-0.25, -0.2) is 4.79 Å². The number of benzene rings is 1. The van der Waals surface area contributed by atoms with Crippen molar-refractivity contribution < 1.29 is 9.53 Å². The first-order valence-electron chi connectivity index (χ1n) is 9.01. The van der Waals surface area contributed by atoms with E-state index in [-0.39, 0.29) is 42.3 Å². The molecule has 2 aliphatic rings. The molecular weight excluding hydrogens is 356 g/mol. The highest BCUT2D eigenvalue weighted by Gasteiger charge is 2.35. The standard InChI is InChI=1S/C18H24N4O3.ClH/c19-11-13-5-6-16(25-13)17(23)21-9-7-12(8-10-21)22-15-4-2-1-3-14(15)20-18(22)24;/h1-4,12-13,16H,5-11,19H2,(H,20,24);1H/t13-,16+;/m1./s1. The van der Waals surface area contributed by atoms with E-state index in [1.165, 1.54) is 0 Å². The molecule has 0 unspecified atom stereocenters. The summed E-state index contributed by atoms with van der Waals surface area (Å²) in [5.41, 5.74) is 7.34. The quantitative estimate of drug-likeness (QED) is 0.842. The van der Waals surface area contributed by atoms with Gasteiger partial charge in [0.2, 0.25) is 0 Å². The van der Waals surface area contributed by atoms with E-state index in [1.54, 1.807) is 0 Å². The van der Waals surface area contributed by atoms with Crippen molar-refractivity contribution in [3.05, 3.63) is 34.7 Å². The molecule has 7 nitrogen and oxygen atoms in total. The highest BCUT2D eigenvalue weighted by molar-refractivity contribution is 5.85. The molecule has 0 saturated carbocycles. The van der Waals surface area contributed by atoms with Gasteiger partial charge in [0.05, 0.1) is 17.1 Å². The number of hydrogen-bond donors (Lipinski definition) is 2. The Labute approximate surface area is 157 Å². The average molecular weight is 381 g/mol. The van der Waals surface area contributed by atoms with Crippen LogP contribution in [0.3, 0.4) is 0 Å². The number of piperidine rings is 1. The van der Waals surface area contributed by atoms with Crippen molar-refractivity contribution in [3.8, 4) is 0 Å². The smallest absolute Gasteiger partial charge is 0.326 e. The number of carbonyl (C=O) groups is 1. The summed E-state index contributed by atoms with van der Waals surface area (Å²) in [6.45, 7) is 1.78. The van der Waals surface area contributed by atoms with Crippen LogP contribution < -0.4 is 11.4 Å². The van der Waals surface area contributed by atoms with Gasteiger partial charge >= 0.3 is 5.69 Å². The molecule has 4 rings (SSSR count). The third-order valence-electron chi connectivity index (χ3n) is 5.41. The molecule has 0 radical (unpaired) electrons. The molecule has 2 atom stereocenters. The van der Waals surface area contributed by atoms with Crippen molar-refractivity contribution >= 4 is 29.3 Å². The van der Waals surface area contributed by atoms with Crippen LogP contribution in [0, 0.1) is 0 Å². The van der Waals surface area contributed by atoms with Crippen molar-refractivity contribution in [3.63, 3.8) is 0 Å². The first kappa shape index (κ1) is 18.9. The van der Waals surface area contributed by atoms with Gasteiger partial charge in [-0.1, -0.05) is 12.1 Å². The number of nitrogens with zero attached hydrogens (tertiary/aromatic N) is 2. The Balaban J connectivity index is 0.00000196. The predicted octanol–water partition coefficient (Wildman–Crippen LogP) is 1.42. The molecule has 1 amide bonds. The van der Waals surface area contributed by atoms with Crippen molar-refractivity contribution in [1.82, 2.24) is 14.5 Å². The summed E-state index contributed by atoms with van der Waals surface area (Å²) in [7, 11) is 0. The Morgan fingerprint density at radius 2 is 1.92 bits per heavy atom. The zero-order chi connectivity index (χ0) is 17.4. The number of amides is 1. The summed E-state index contributed by atoms with van der Waals surface area (Å²) in [4.78, 5) is 29.7. The molecule has 2 saturated heterocycles. The maximum atomic E-state index is 12.6. The minimum atomic E-state index is -0.346. The van der Waals surface area contributed by atoms with Crippen LogP contribution >= 0.6 is 12.4 Å². The van der Waals surface area contributed by atoms with Crippen molar-refractivity contribution in [2.24, 2.45) is 5.73 Å². The van der Waals surface area contributed by atoms with Crippen LogP contribution in [-0.4, -0.2) is 52.2 Å². The highest BCUT2D eigenvalue weighted by atomic mass is 35.5. The Hall–Kier alpha value is -1.83. The monoisotopic (exact) mass is 380 g/mol. The molecule has 3 N–H and O–H groups in total. The van der Waals surface area contributed by atoms with E-state index in [2.05, 4.69) is 4.98 Å². The van der Waals surface area contributed by atoms with Crippen LogP contribution in [0.25, 0.3) is 11.0 Å². The van der Waals surface area contributed by atoms with E-state index < -0.39 is 0 Å². The highest BCUT2D eigenvalue weighted by Crippen LogP contribution is 2.27. The normalized spacial score (nSPS) is 24.0. The number of aromatic amines is 1. The second kappa shape index (κ2) is 7.82. The number of fused-ring (bicyclic) bond motifs is 1. The van der Waals surface area contributed by atoms with E-state index in [9.17, 15) is 9.59 Å². The van der Waals surface area contributed by atoms with Gasteiger partial charge in [0.1, 0.15) is 6.10 Å². The van der Waals surface area contributed by atoms with E-state index in [4.69, 9.17) is 10.5 Å².